The number of carbonyl (C=O) groups excluding carboxylic acids is 2. The number of hydrogen-bond donors (Lipinski definition) is 2. The molecular formula is C19H21Cl2N3O2. The van der Waals surface area contributed by atoms with E-state index in [0.29, 0.717) is 34.4 Å². The fourth-order valence-corrected chi connectivity index (χ4v) is 2.96. The molecule has 0 heterocycles. The molecule has 0 saturated heterocycles. The third kappa shape index (κ3) is 5.64. The molecule has 2 aromatic carbocycles. The summed E-state index contributed by atoms with van der Waals surface area (Å²) in [5.41, 5.74) is 1.91. The Morgan fingerprint density at radius 2 is 1.50 bits per heavy atom. The first kappa shape index (κ1) is 20.1. The lowest BCUT2D eigenvalue weighted by molar-refractivity contribution is -0.114. The van der Waals surface area contributed by atoms with Gasteiger partial charge >= 0.3 is 0 Å². The number of nitrogens with one attached hydrogen (secondary N) is 2. The van der Waals surface area contributed by atoms with Crippen LogP contribution in [0.4, 0.5) is 11.4 Å². The average Bonchev–Trinajstić information content (AvgIpc) is 2.60. The Labute approximate surface area is 163 Å². The summed E-state index contributed by atoms with van der Waals surface area (Å²) >= 11 is 11.8. The molecule has 0 aliphatic carbocycles. The third-order valence-electron chi connectivity index (χ3n) is 3.78. The van der Waals surface area contributed by atoms with Crippen LogP contribution < -0.4 is 10.6 Å². The highest BCUT2D eigenvalue weighted by atomic mass is 35.5. The zero-order chi connectivity index (χ0) is 19.1. The first-order chi connectivity index (χ1) is 12.4. The molecule has 138 valence electrons. The Morgan fingerprint density at radius 1 is 0.923 bits per heavy atom. The predicted octanol–water partition coefficient (Wildman–Crippen LogP) is 4.53. The van der Waals surface area contributed by atoms with Gasteiger partial charge < -0.3 is 15.5 Å². The number of anilines is 2. The first-order valence-corrected chi connectivity index (χ1v) is 9.07. The summed E-state index contributed by atoms with van der Waals surface area (Å²) in [4.78, 5) is 26.0. The van der Waals surface area contributed by atoms with Crippen LogP contribution in [0, 0.1) is 0 Å². The van der Waals surface area contributed by atoms with Gasteiger partial charge in [-0.1, -0.05) is 23.2 Å². The fourth-order valence-electron chi connectivity index (χ4n) is 2.44. The molecule has 26 heavy (non-hydrogen) atoms. The van der Waals surface area contributed by atoms with Crippen LogP contribution >= 0.6 is 23.2 Å². The number of rotatable bonds is 7. The normalized spacial score (nSPS) is 10.3. The molecule has 7 heteroatoms. The van der Waals surface area contributed by atoms with E-state index in [-0.39, 0.29) is 18.4 Å². The van der Waals surface area contributed by atoms with Gasteiger partial charge in [-0.05, 0) is 56.3 Å². The molecule has 5 nitrogen and oxygen atoms in total. The van der Waals surface area contributed by atoms with Gasteiger partial charge in [0.05, 0.1) is 6.54 Å². The predicted molar refractivity (Wildman–Crippen MR) is 107 cm³/mol. The maximum atomic E-state index is 12.3. The summed E-state index contributed by atoms with van der Waals surface area (Å²) in [5.74, 6) is -0.233. The van der Waals surface area contributed by atoms with Crippen molar-refractivity contribution in [1.82, 2.24) is 4.90 Å². The number of benzene rings is 2. The molecule has 0 spiro atoms. The van der Waals surface area contributed by atoms with Crippen LogP contribution in [0.5, 0.6) is 0 Å². The van der Waals surface area contributed by atoms with Crippen molar-refractivity contribution in [2.75, 3.05) is 30.3 Å². The van der Waals surface area contributed by atoms with Crippen LogP contribution in [-0.2, 0) is 4.79 Å². The Balaban J connectivity index is 1.91. The number of hydrogen-bond acceptors (Lipinski definition) is 3. The van der Waals surface area contributed by atoms with E-state index >= 15 is 0 Å². The third-order valence-corrected chi connectivity index (χ3v) is 4.22. The summed E-state index contributed by atoms with van der Waals surface area (Å²) in [6, 6.07) is 11.9. The smallest absolute Gasteiger partial charge is 0.253 e. The van der Waals surface area contributed by atoms with E-state index in [1.165, 1.54) is 0 Å². The van der Waals surface area contributed by atoms with Crippen molar-refractivity contribution < 1.29 is 9.59 Å². The van der Waals surface area contributed by atoms with Gasteiger partial charge in [-0.15, -0.1) is 0 Å². The van der Waals surface area contributed by atoms with Crippen LogP contribution in [0.25, 0.3) is 0 Å². The molecule has 0 aromatic heterocycles. The van der Waals surface area contributed by atoms with E-state index in [1.54, 1.807) is 47.4 Å². The molecule has 2 amide bonds. The summed E-state index contributed by atoms with van der Waals surface area (Å²) < 4.78 is 0. The van der Waals surface area contributed by atoms with Gasteiger partial charge in [0.25, 0.3) is 5.91 Å². The maximum Gasteiger partial charge on any atom is 0.253 e. The summed E-state index contributed by atoms with van der Waals surface area (Å²) in [6.07, 6.45) is 0. The molecule has 0 unspecified atom stereocenters. The minimum atomic E-state index is -0.230. The lowest BCUT2D eigenvalue weighted by Crippen LogP contribution is -2.30. The van der Waals surface area contributed by atoms with Crippen molar-refractivity contribution in [2.24, 2.45) is 0 Å². The zero-order valence-corrected chi connectivity index (χ0v) is 16.2. The number of nitrogens with zero attached hydrogens (tertiary/aromatic N) is 1. The van der Waals surface area contributed by atoms with E-state index < -0.39 is 0 Å². The van der Waals surface area contributed by atoms with E-state index in [1.807, 2.05) is 13.8 Å². The lowest BCUT2D eigenvalue weighted by Gasteiger charge is -2.18. The quantitative estimate of drug-likeness (QED) is 0.726. The van der Waals surface area contributed by atoms with E-state index in [0.717, 1.165) is 5.69 Å². The molecule has 0 atom stereocenters. The van der Waals surface area contributed by atoms with Crippen molar-refractivity contribution in [1.29, 1.82) is 0 Å². The van der Waals surface area contributed by atoms with Crippen molar-refractivity contribution in [2.45, 2.75) is 13.8 Å². The van der Waals surface area contributed by atoms with Crippen molar-refractivity contribution in [3.63, 3.8) is 0 Å². The highest BCUT2D eigenvalue weighted by Gasteiger charge is 2.12. The van der Waals surface area contributed by atoms with Gasteiger partial charge in [0.15, 0.2) is 0 Å². The topological polar surface area (TPSA) is 61.4 Å². The molecule has 0 aliphatic rings. The molecule has 0 radical (unpaired) electrons. The summed E-state index contributed by atoms with van der Waals surface area (Å²) in [6.45, 7) is 5.31. The molecular weight excluding hydrogens is 373 g/mol. The number of amides is 2. The highest BCUT2D eigenvalue weighted by Crippen LogP contribution is 2.22. The van der Waals surface area contributed by atoms with Crippen molar-refractivity contribution in [3.8, 4) is 0 Å². The standard InChI is InChI=1S/C19H21Cl2N3O2/c1-3-24(4-2)19(26)13-5-7-16(8-6-13)22-12-18(25)23-17-10-14(20)9-15(21)11-17/h5-11,22H,3-4,12H2,1-2H3,(H,23,25). The Morgan fingerprint density at radius 3 is 2.04 bits per heavy atom. The minimum Gasteiger partial charge on any atom is -0.376 e. The molecule has 0 aliphatic heterocycles. The Hall–Kier alpha value is -2.24. The van der Waals surface area contributed by atoms with E-state index in [2.05, 4.69) is 10.6 Å². The summed E-state index contributed by atoms with van der Waals surface area (Å²) in [5, 5.41) is 6.64. The van der Waals surface area contributed by atoms with Crippen LogP contribution in [0.1, 0.15) is 24.2 Å². The lowest BCUT2D eigenvalue weighted by atomic mass is 10.2. The van der Waals surface area contributed by atoms with Crippen LogP contribution in [0.3, 0.4) is 0 Å². The molecule has 2 aromatic rings. The number of carbonyl (C=O) groups is 2. The Kier molecular flexibility index (Phi) is 7.30. The minimum absolute atomic E-state index is 0.00266. The van der Waals surface area contributed by atoms with Crippen LogP contribution in [0.2, 0.25) is 10.0 Å². The highest BCUT2D eigenvalue weighted by molar-refractivity contribution is 6.35. The van der Waals surface area contributed by atoms with Gasteiger partial charge in [-0.25, -0.2) is 0 Å². The fraction of sp³-hybridized carbons (Fsp3) is 0.263. The largest absolute Gasteiger partial charge is 0.376 e. The van der Waals surface area contributed by atoms with Gasteiger partial charge in [-0.2, -0.15) is 0 Å². The Bertz CT molecular complexity index is 755. The summed E-state index contributed by atoms with van der Waals surface area (Å²) in [7, 11) is 0. The van der Waals surface area contributed by atoms with Gasteiger partial charge in [0.1, 0.15) is 0 Å². The van der Waals surface area contributed by atoms with E-state index in [9.17, 15) is 9.59 Å². The van der Waals surface area contributed by atoms with Crippen LogP contribution in [0.15, 0.2) is 42.5 Å². The zero-order valence-electron chi connectivity index (χ0n) is 14.7. The molecule has 0 saturated carbocycles. The van der Waals surface area contributed by atoms with E-state index in [4.69, 9.17) is 23.2 Å². The van der Waals surface area contributed by atoms with Gasteiger partial charge in [0, 0.05) is 40.1 Å². The van der Waals surface area contributed by atoms with Crippen molar-refractivity contribution in [3.05, 3.63) is 58.1 Å². The van der Waals surface area contributed by atoms with Gasteiger partial charge in [0.2, 0.25) is 5.91 Å². The molecule has 0 fully saturated rings. The molecule has 2 rings (SSSR count). The van der Waals surface area contributed by atoms with Crippen molar-refractivity contribution >= 4 is 46.4 Å². The SMILES string of the molecule is CCN(CC)C(=O)c1ccc(NCC(=O)Nc2cc(Cl)cc(Cl)c2)cc1. The second-order valence-corrected chi connectivity index (χ2v) is 6.49. The monoisotopic (exact) mass is 393 g/mol. The van der Waals surface area contributed by atoms with Gasteiger partial charge in [-0.3, -0.25) is 9.59 Å². The first-order valence-electron chi connectivity index (χ1n) is 8.32. The average molecular weight is 394 g/mol. The molecule has 2 N–H and O–H groups in total. The maximum absolute atomic E-state index is 12.3. The second kappa shape index (κ2) is 9.46. The number of halogens is 2. The van der Waals surface area contributed by atoms with Crippen LogP contribution in [-0.4, -0.2) is 36.3 Å². The molecule has 0 bridgehead atoms. The second-order valence-electron chi connectivity index (χ2n) is 5.61.